The topological polar surface area (TPSA) is 100 Å². The summed E-state index contributed by atoms with van der Waals surface area (Å²) in [5, 5.41) is 4.82. The SMILES string of the molecule is CS(=O)(=O)Nc1ccn(C(=O)N2CCN(Cc3ccc(Cl)c(N4CCO[C@@H]5CCC[C@@H]54)c3)CC2)n1. The predicted molar refractivity (Wildman–Crippen MR) is 135 cm³/mol. The Morgan fingerprint density at radius 3 is 2.74 bits per heavy atom. The first-order valence-corrected chi connectivity index (χ1v) is 14.3. The number of morpholine rings is 1. The zero-order valence-corrected chi connectivity index (χ0v) is 21.3. The zero-order valence-electron chi connectivity index (χ0n) is 19.8. The Morgan fingerprint density at radius 2 is 1.97 bits per heavy atom. The first kappa shape index (κ1) is 24.4. The fourth-order valence-electron chi connectivity index (χ4n) is 5.28. The van der Waals surface area contributed by atoms with E-state index < -0.39 is 10.0 Å². The Hall–Kier alpha value is -2.34. The van der Waals surface area contributed by atoms with E-state index in [-0.39, 0.29) is 11.8 Å². The van der Waals surface area contributed by atoms with Gasteiger partial charge in [-0.3, -0.25) is 9.62 Å². The van der Waals surface area contributed by atoms with Crippen LogP contribution in [0.4, 0.5) is 16.3 Å². The minimum absolute atomic E-state index is 0.127. The molecule has 35 heavy (non-hydrogen) atoms. The number of halogens is 1. The van der Waals surface area contributed by atoms with E-state index in [9.17, 15) is 13.2 Å². The molecule has 0 unspecified atom stereocenters. The molecule has 1 aromatic carbocycles. The minimum Gasteiger partial charge on any atom is -0.374 e. The van der Waals surface area contributed by atoms with Crippen LogP contribution in [0.2, 0.25) is 5.02 Å². The molecule has 10 nitrogen and oxygen atoms in total. The van der Waals surface area contributed by atoms with Gasteiger partial charge in [-0.2, -0.15) is 4.68 Å². The maximum Gasteiger partial charge on any atom is 0.344 e. The van der Waals surface area contributed by atoms with E-state index in [1.807, 2.05) is 6.07 Å². The number of hydrogen-bond donors (Lipinski definition) is 1. The van der Waals surface area contributed by atoms with Gasteiger partial charge in [-0.05, 0) is 37.0 Å². The van der Waals surface area contributed by atoms with Crippen molar-refractivity contribution in [3.05, 3.63) is 41.0 Å². The van der Waals surface area contributed by atoms with Crippen LogP contribution in [0.25, 0.3) is 0 Å². The van der Waals surface area contributed by atoms with Crippen molar-refractivity contribution < 1.29 is 17.9 Å². The van der Waals surface area contributed by atoms with Crippen LogP contribution in [0.3, 0.4) is 0 Å². The van der Waals surface area contributed by atoms with Crippen LogP contribution in [0, 0.1) is 0 Å². The largest absolute Gasteiger partial charge is 0.374 e. The van der Waals surface area contributed by atoms with E-state index in [0.29, 0.717) is 25.2 Å². The molecule has 1 N–H and O–H groups in total. The first-order valence-electron chi connectivity index (χ1n) is 12.0. The Morgan fingerprint density at radius 1 is 1.17 bits per heavy atom. The fraction of sp³-hybridized carbons (Fsp3) is 0.565. The van der Waals surface area contributed by atoms with Gasteiger partial charge in [0, 0.05) is 51.5 Å². The van der Waals surface area contributed by atoms with Crippen LogP contribution < -0.4 is 9.62 Å². The van der Waals surface area contributed by atoms with Gasteiger partial charge in [0.2, 0.25) is 10.0 Å². The average Bonchev–Trinajstić information content (AvgIpc) is 3.49. The first-order chi connectivity index (χ1) is 16.8. The molecule has 3 aliphatic rings. The van der Waals surface area contributed by atoms with Crippen molar-refractivity contribution in [1.82, 2.24) is 19.6 Å². The van der Waals surface area contributed by atoms with Gasteiger partial charge in [-0.15, -0.1) is 5.10 Å². The van der Waals surface area contributed by atoms with Gasteiger partial charge >= 0.3 is 6.03 Å². The fourth-order valence-corrected chi connectivity index (χ4v) is 5.99. The van der Waals surface area contributed by atoms with Crippen LogP contribution in [0.15, 0.2) is 30.5 Å². The third kappa shape index (κ3) is 5.58. The Labute approximate surface area is 210 Å². The van der Waals surface area contributed by atoms with Crippen molar-refractivity contribution in [3.8, 4) is 0 Å². The molecule has 2 aromatic rings. The number of nitrogens with one attached hydrogen (secondary N) is 1. The van der Waals surface area contributed by atoms with E-state index >= 15 is 0 Å². The third-order valence-electron chi connectivity index (χ3n) is 6.93. The number of sulfonamides is 1. The Bertz CT molecular complexity index is 1180. The molecule has 3 heterocycles. The van der Waals surface area contributed by atoms with Crippen LogP contribution >= 0.6 is 11.6 Å². The number of nitrogens with zero attached hydrogens (tertiary/aromatic N) is 5. The van der Waals surface area contributed by atoms with Crippen molar-refractivity contribution in [2.24, 2.45) is 0 Å². The summed E-state index contributed by atoms with van der Waals surface area (Å²) in [4.78, 5) is 19.3. The average molecular weight is 523 g/mol. The molecule has 1 aromatic heterocycles. The highest BCUT2D eigenvalue weighted by atomic mass is 35.5. The molecule has 190 valence electrons. The second-order valence-corrected chi connectivity index (χ2v) is 11.6. The van der Waals surface area contributed by atoms with Crippen molar-refractivity contribution >= 4 is 39.2 Å². The van der Waals surface area contributed by atoms with Crippen molar-refractivity contribution in [2.75, 3.05) is 55.2 Å². The summed E-state index contributed by atoms with van der Waals surface area (Å²) in [6, 6.07) is 7.89. The van der Waals surface area contributed by atoms with Gasteiger partial charge in [0.1, 0.15) is 0 Å². The molecule has 1 aliphatic carbocycles. The van der Waals surface area contributed by atoms with Crippen molar-refractivity contribution in [1.29, 1.82) is 0 Å². The maximum absolute atomic E-state index is 12.8. The summed E-state index contributed by atoms with van der Waals surface area (Å²) in [5.41, 5.74) is 2.30. The molecule has 5 rings (SSSR count). The number of anilines is 2. The minimum atomic E-state index is -3.44. The molecule has 1 amide bonds. The second kappa shape index (κ2) is 9.96. The lowest BCUT2D eigenvalue weighted by Crippen LogP contribution is -2.49. The molecule has 0 bridgehead atoms. The van der Waals surface area contributed by atoms with Gasteiger partial charge in [0.15, 0.2) is 5.82 Å². The number of hydrogen-bond acceptors (Lipinski definition) is 7. The summed E-state index contributed by atoms with van der Waals surface area (Å²) < 4.78 is 32.2. The molecular formula is C23H31ClN6O4S. The van der Waals surface area contributed by atoms with Crippen molar-refractivity contribution in [2.45, 2.75) is 38.0 Å². The Kier molecular flexibility index (Phi) is 6.93. The number of ether oxygens (including phenoxy) is 1. The summed E-state index contributed by atoms with van der Waals surface area (Å²) in [7, 11) is -3.44. The zero-order chi connectivity index (χ0) is 24.6. The quantitative estimate of drug-likeness (QED) is 0.643. The number of rotatable bonds is 5. The molecule has 12 heteroatoms. The number of aromatic nitrogens is 2. The van der Waals surface area contributed by atoms with Gasteiger partial charge in [-0.25, -0.2) is 13.2 Å². The van der Waals surface area contributed by atoms with Crippen LogP contribution in [0.5, 0.6) is 0 Å². The molecule has 3 fully saturated rings. The van der Waals surface area contributed by atoms with E-state index in [0.717, 1.165) is 62.6 Å². The number of fused-ring (bicyclic) bond motifs is 1. The molecule has 2 atom stereocenters. The van der Waals surface area contributed by atoms with E-state index in [1.54, 1.807) is 4.90 Å². The highest BCUT2D eigenvalue weighted by Gasteiger charge is 2.37. The third-order valence-corrected chi connectivity index (χ3v) is 7.83. The summed E-state index contributed by atoms with van der Waals surface area (Å²) in [6.45, 7) is 5.00. The van der Waals surface area contributed by atoms with Crippen molar-refractivity contribution in [3.63, 3.8) is 0 Å². The normalized spacial score (nSPS) is 23.4. The van der Waals surface area contributed by atoms with Crippen LogP contribution in [-0.4, -0.2) is 91.8 Å². The number of carbonyl (C=O) groups is 1. The monoisotopic (exact) mass is 522 g/mol. The molecular weight excluding hydrogens is 492 g/mol. The molecule has 2 saturated heterocycles. The lowest BCUT2D eigenvalue weighted by molar-refractivity contribution is 0.0256. The van der Waals surface area contributed by atoms with Gasteiger partial charge in [0.25, 0.3) is 0 Å². The summed E-state index contributed by atoms with van der Waals surface area (Å²) >= 11 is 6.63. The highest BCUT2D eigenvalue weighted by molar-refractivity contribution is 7.92. The number of amides is 1. The lowest BCUT2D eigenvalue weighted by atomic mass is 10.1. The number of piperazine rings is 1. The number of benzene rings is 1. The predicted octanol–water partition coefficient (Wildman–Crippen LogP) is 2.45. The summed E-state index contributed by atoms with van der Waals surface area (Å²) in [6.07, 6.45) is 6.28. The standard InChI is InChI=1S/C23H31ClN6O4S/c1-35(32,33)26-22-7-8-30(25-22)23(31)28-11-9-27(10-12-28)16-17-5-6-18(24)20(15-17)29-13-14-34-21-4-2-3-19(21)29/h5-8,15,19,21H,2-4,9-14,16H2,1H3,(H,25,26)/t19-,21+/m0/s1. The molecule has 2 aliphatic heterocycles. The lowest BCUT2D eigenvalue weighted by Gasteiger charge is -2.40. The molecule has 1 saturated carbocycles. The van der Waals surface area contributed by atoms with Gasteiger partial charge < -0.3 is 14.5 Å². The van der Waals surface area contributed by atoms with Crippen LogP contribution in [0.1, 0.15) is 24.8 Å². The Balaban J connectivity index is 1.19. The van der Waals surface area contributed by atoms with E-state index in [1.165, 1.54) is 28.9 Å². The van der Waals surface area contributed by atoms with Gasteiger partial charge in [-0.1, -0.05) is 17.7 Å². The van der Waals surface area contributed by atoms with Gasteiger partial charge in [0.05, 0.1) is 35.7 Å². The van der Waals surface area contributed by atoms with E-state index in [4.69, 9.17) is 16.3 Å². The smallest absolute Gasteiger partial charge is 0.344 e. The van der Waals surface area contributed by atoms with E-state index in [2.05, 4.69) is 31.8 Å². The number of carbonyl (C=O) groups excluding carboxylic acids is 1. The summed E-state index contributed by atoms with van der Waals surface area (Å²) in [5.74, 6) is 0.127. The highest BCUT2D eigenvalue weighted by Crippen LogP contribution is 2.37. The molecule has 0 spiro atoms. The maximum atomic E-state index is 12.8. The second-order valence-electron chi connectivity index (χ2n) is 9.45. The molecule has 0 radical (unpaired) electrons. The van der Waals surface area contributed by atoms with Crippen LogP contribution in [-0.2, 0) is 21.3 Å².